The first-order chi connectivity index (χ1) is 13.9. The summed E-state index contributed by atoms with van der Waals surface area (Å²) in [5, 5.41) is 10.1. The Morgan fingerprint density at radius 3 is 2.62 bits per heavy atom. The average molecular weight is 402 g/mol. The fourth-order valence-corrected chi connectivity index (χ4v) is 3.71. The normalized spacial score (nSPS) is 11.6. The molecule has 0 unspecified atom stereocenters. The van der Waals surface area contributed by atoms with E-state index in [0.717, 1.165) is 12.1 Å². The third-order valence-corrected chi connectivity index (χ3v) is 4.77. The summed E-state index contributed by atoms with van der Waals surface area (Å²) in [4.78, 5) is 30.1. The Kier molecular flexibility index (Phi) is 4.56. The number of benzene rings is 2. The first-order valence-electron chi connectivity index (χ1n) is 8.74. The van der Waals surface area contributed by atoms with E-state index in [1.54, 1.807) is 6.92 Å². The number of aromatic nitrogens is 1. The Hall–Kier alpha value is -3.30. The lowest BCUT2D eigenvalue weighted by Gasteiger charge is -2.10. The van der Waals surface area contributed by atoms with Crippen LogP contribution in [0.5, 0.6) is 0 Å². The molecule has 9 heteroatoms. The van der Waals surface area contributed by atoms with E-state index >= 15 is 0 Å². The highest BCUT2D eigenvalue weighted by Crippen LogP contribution is 2.39. The number of pyridine rings is 1. The molecule has 0 saturated heterocycles. The van der Waals surface area contributed by atoms with Gasteiger partial charge in [-0.25, -0.2) is 13.6 Å². The zero-order valence-corrected chi connectivity index (χ0v) is 15.5. The van der Waals surface area contributed by atoms with Crippen molar-refractivity contribution in [1.29, 1.82) is 0 Å². The van der Waals surface area contributed by atoms with Gasteiger partial charge in [0.15, 0.2) is 0 Å². The number of aliphatic hydroxyl groups excluding tert-OH is 1. The molecule has 0 bridgehead atoms. The number of fused-ring (bicyclic) bond motifs is 3. The van der Waals surface area contributed by atoms with E-state index in [-0.39, 0.29) is 45.1 Å². The second-order valence-corrected chi connectivity index (χ2v) is 6.39. The minimum atomic E-state index is -0.856. The number of hydrogen-bond acceptors (Lipinski definition) is 6. The van der Waals surface area contributed by atoms with E-state index in [1.807, 2.05) is 0 Å². The molecule has 0 amide bonds. The van der Waals surface area contributed by atoms with Crippen LogP contribution in [-0.4, -0.2) is 29.2 Å². The monoisotopic (exact) mass is 402 g/mol. The van der Waals surface area contributed by atoms with Crippen LogP contribution in [0.1, 0.15) is 22.8 Å². The molecule has 2 aromatic heterocycles. The van der Waals surface area contributed by atoms with Crippen molar-refractivity contribution < 1.29 is 28.3 Å². The van der Waals surface area contributed by atoms with Crippen molar-refractivity contribution in [2.45, 2.75) is 13.5 Å². The number of halogens is 2. The van der Waals surface area contributed by atoms with Gasteiger partial charge in [-0.3, -0.25) is 15.1 Å². The second kappa shape index (κ2) is 6.94. The molecule has 0 atom stereocenters. The zero-order chi connectivity index (χ0) is 20.9. The first-order valence-corrected chi connectivity index (χ1v) is 8.74. The van der Waals surface area contributed by atoms with Crippen LogP contribution in [0.25, 0.3) is 27.2 Å². The van der Waals surface area contributed by atoms with Gasteiger partial charge in [-0.15, -0.1) is 0 Å². The van der Waals surface area contributed by atoms with Crippen LogP contribution in [0.15, 0.2) is 29.2 Å². The van der Waals surface area contributed by atoms with Crippen molar-refractivity contribution >= 4 is 38.8 Å². The van der Waals surface area contributed by atoms with Gasteiger partial charge in [0.25, 0.3) is 0 Å². The molecule has 0 radical (unpaired) electrons. The highest BCUT2D eigenvalue weighted by atomic mass is 19.1. The van der Waals surface area contributed by atoms with Gasteiger partial charge in [-0.05, 0) is 25.1 Å². The van der Waals surface area contributed by atoms with Gasteiger partial charge in [-0.1, -0.05) is 0 Å². The maximum Gasteiger partial charge on any atom is 0.343 e. The number of hydrogen-bond donors (Lipinski definition) is 2. The Bertz CT molecular complexity index is 1330. The van der Waals surface area contributed by atoms with Crippen LogP contribution in [-0.2, 0) is 16.2 Å². The van der Waals surface area contributed by atoms with Gasteiger partial charge < -0.3 is 14.2 Å². The molecule has 0 aliphatic rings. The third-order valence-electron chi connectivity index (χ3n) is 4.77. The summed E-state index contributed by atoms with van der Waals surface area (Å²) in [6, 6.07) is 3.30. The van der Waals surface area contributed by atoms with Crippen molar-refractivity contribution in [3.63, 3.8) is 0 Å². The molecule has 150 valence electrons. The molecular formula is C20H16F2N2O5. The lowest BCUT2D eigenvalue weighted by atomic mass is 10.0. The summed E-state index contributed by atoms with van der Waals surface area (Å²) in [6.07, 6.45) is 1.27. The molecule has 0 aliphatic carbocycles. The standard InChI is InChI=1S/C20H16F2N2O5/c1-3-29-20(27)13-7-24-17-9(8-25)4-10(21)5-11(17)15-16(23-28-2)14(22)6-12(18(15)24)19(13)26/h4-7,23,25H,3,8H2,1-2H3. The lowest BCUT2D eigenvalue weighted by Crippen LogP contribution is -2.19. The fraction of sp³-hybridized carbons (Fsp3) is 0.200. The number of nitrogens with one attached hydrogen (secondary N) is 1. The third kappa shape index (κ3) is 2.70. The minimum absolute atomic E-state index is 0.0519. The molecule has 2 aromatic carbocycles. The maximum atomic E-state index is 14.9. The molecule has 4 rings (SSSR count). The van der Waals surface area contributed by atoms with Gasteiger partial charge in [0.1, 0.15) is 22.9 Å². The fourth-order valence-electron chi connectivity index (χ4n) is 3.71. The maximum absolute atomic E-state index is 14.9. The minimum Gasteiger partial charge on any atom is -0.462 e. The van der Waals surface area contributed by atoms with Gasteiger partial charge in [0.05, 0.1) is 36.7 Å². The summed E-state index contributed by atoms with van der Waals surface area (Å²) in [5.41, 5.74) is 2.14. The topological polar surface area (TPSA) is 89.3 Å². The van der Waals surface area contributed by atoms with Crippen molar-refractivity contribution in [2.24, 2.45) is 0 Å². The number of rotatable bonds is 5. The predicted molar refractivity (Wildman–Crippen MR) is 102 cm³/mol. The Balaban J connectivity index is 2.31. The molecule has 0 aliphatic heterocycles. The molecule has 7 nitrogen and oxygen atoms in total. The molecule has 2 heterocycles. The molecule has 29 heavy (non-hydrogen) atoms. The van der Waals surface area contributed by atoms with Crippen LogP contribution >= 0.6 is 0 Å². The van der Waals surface area contributed by atoms with Crippen LogP contribution in [0.3, 0.4) is 0 Å². The smallest absolute Gasteiger partial charge is 0.343 e. The number of carbonyl (C=O) groups is 1. The van der Waals surface area contributed by atoms with Gasteiger partial charge in [0, 0.05) is 22.5 Å². The quantitative estimate of drug-likeness (QED) is 0.394. The predicted octanol–water partition coefficient (Wildman–Crippen LogP) is 2.96. The van der Waals surface area contributed by atoms with Crippen molar-refractivity contribution in [2.75, 3.05) is 19.2 Å². The molecule has 4 aromatic rings. The Labute approximate surface area is 162 Å². The zero-order valence-electron chi connectivity index (χ0n) is 15.5. The number of esters is 1. The van der Waals surface area contributed by atoms with E-state index in [1.165, 1.54) is 23.8 Å². The summed E-state index contributed by atoms with van der Waals surface area (Å²) in [5.74, 6) is -2.32. The molecule has 0 saturated carbocycles. The van der Waals surface area contributed by atoms with Gasteiger partial charge in [-0.2, -0.15) is 0 Å². The van der Waals surface area contributed by atoms with Crippen molar-refractivity contribution in [3.05, 3.63) is 57.4 Å². The summed E-state index contributed by atoms with van der Waals surface area (Å²) < 4.78 is 35.5. The number of aliphatic hydroxyl groups is 1. The largest absolute Gasteiger partial charge is 0.462 e. The number of ether oxygens (including phenoxy) is 1. The summed E-state index contributed by atoms with van der Waals surface area (Å²) in [7, 11) is 1.29. The van der Waals surface area contributed by atoms with E-state index < -0.39 is 29.6 Å². The summed E-state index contributed by atoms with van der Waals surface area (Å²) in [6.45, 7) is 1.14. The van der Waals surface area contributed by atoms with Crippen LogP contribution in [0.2, 0.25) is 0 Å². The van der Waals surface area contributed by atoms with Crippen molar-refractivity contribution in [1.82, 2.24) is 4.40 Å². The Morgan fingerprint density at radius 2 is 1.97 bits per heavy atom. The number of anilines is 1. The van der Waals surface area contributed by atoms with E-state index in [0.29, 0.717) is 5.52 Å². The number of carbonyl (C=O) groups excluding carboxylic acids is 1. The molecule has 0 spiro atoms. The summed E-state index contributed by atoms with van der Waals surface area (Å²) >= 11 is 0. The first kappa shape index (κ1) is 19.0. The molecular weight excluding hydrogens is 386 g/mol. The van der Waals surface area contributed by atoms with Crippen LogP contribution in [0, 0.1) is 11.6 Å². The Morgan fingerprint density at radius 1 is 1.21 bits per heavy atom. The van der Waals surface area contributed by atoms with Crippen molar-refractivity contribution in [3.8, 4) is 0 Å². The van der Waals surface area contributed by atoms with Crippen LogP contribution < -0.4 is 10.9 Å². The van der Waals surface area contributed by atoms with E-state index in [9.17, 15) is 23.5 Å². The average Bonchev–Trinajstić information content (AvgIpc) is 3.01. The van der Waals surface area contributed by atoms with E-state index in [2.05, 4.69) is 5.48 Å². The second-order valence-electron chi connectivity index (χ2n) is 6.39. The number of nitrogens with zero attached hydrogens (tertiary/aromatic N) is 1. The highest BCUT2D eigenvalue weighted by molar-refractivity contribution is 6.20. The van der Waals surface area contributed by atoms with Gasteiger partial charge >= 0.3 is 5.97 Å². The van der Waals surface area contributed by atoms with Crippen LogP contribution in [0.4, 0.5) is 14.5 Å². The molecule has 2 N–H and O–H groups in total. The SMILES string of the molecule is CCOC(=O)c1cn2c3c(CO)cc(F)cc3c3c(NOC)c(F)cc(c1=O)c32. The van der Waals surface area contributed by atoms with E-state index in [4.69, 9.17) is 9.57 Å². The lowest BCUT2D eigenvalue weighted by molar-refractivity contribution is 0.0524. The van der Waals surface area contributed by atoms with Gasteiger partial charge in [0.2, 0.25) is 5.43 Å². The molecule has 0 fully saturated rings. The highest BCUT2D eigenvalue weighted by Gasteiger charge is 2.25.